The van der Waals surface area contributed by atoms with Gasteiger partial charge in [-0.1, -0.05) is 27.7 Å². The summed E-state index contributed by atoms with van der Waals surface area (Å²) in [5.74, 6) is 2.59. The second-order valence-electron chi connectivity index (χ2n) is 0.986. The van der Waals surface area contributed by atoms with Crippen LogP contribution in [0, 0.1) is 0 Å². The van der Waals surface area contributed by atoms with Gasteiger partial charge in [0, 0.05) is 11.5 Å². The third-order valence-corrected chi connectivity index (χ3v) is 1.97. The quantitative estimate of drug-likeness (QED) is 0.610. The molecule has 0 heterocycles. The van der Waals surface area contributed by atoms with E-state index in [2.05, 4.69) is 12.5 Å². The van der Waals surface area contributed by atoms with E-state index in [1.54, 1.807) is 0 Å². The van der Waals surface area contributed by atoms with Gasteiger partial charge in [-0.25, -0.2) is 0 Å². The highest BCUT2D eigenvalue weighted by Gasteiger charge is 1.75. The Morgan fingerprint density at radius 3 is 1.00 bits per heavy atom. The first-order chi connectivity index (χ1) is 4.91. The Morgan fingerprint density at radius 2 is 0.900 bits per heavy atom. The first-order valence-electron chi connectivity index (χ1n) is 3.89. The maximum Gasteiger partial charge on any atom is 0.00207 e. The van der Waals surface area contributed by atoms with Gasteiger partial charge >= 0.3 is 0 Å². The zero-order valence-corrected chi connectivity index (χ0v) is 9.86. The van der Waals surface area contributed by atoms with Gasteiger partial charge < -0.3 is 0 Å². The minimum atomic E-state index is 1.29. The molecule has 0 aromatic rings. The zero-order valence-electron chi connectivity index (χ0n) is 8.23. The molecule has 0 N–H and O–H groups in total. The van der Waals surface area contributed by atoms with Crippen molar-refractivity contribution in [1.29, 1.82) is 0 Å². The van der Waals surface area contributed by atoms with E-state index in [1.165, 1.54) is 11.5 Å². The molecule has 0 aromatic carbocycles. The average Bonchev–Trinajstić information content (AvgIpc) is 2.08. The predicted molar refractivity (Wildman–Crippen MR) is 59.5 cm³/mol. The van der Waals surface area contributed by atoms with Crippen LogP contribution in [0.15, 0.2) is 0 Å². The van der Waals surface area contributed by atoms with E-state index in [-0.39, 0.29) is 0 Å². The van der Waals surface area contributed by atoms with Crippen LogP contribution in [-0.2, 0) is 0 Å². The molecule has 0 saturated heterocycles. The Kier molecular flexibility index (Phi) is 56.4. The summed E-state index contributed by atoms with van der Waals surface area (Å²) >= 11 is 3.81. The molecule has 0 radical (unpaired) electrons. The van der Waals surface area contributed by atoms with Crippen molar-refractivity contribution in [3.05, 3.63) is 0 Å². The highest BCUT2D eigenvalue weighted by atomic mass is 32.2. The fraction of sp³-hybridized carbons (Fsp3) is 1.00. The van der Waals surface area contributed by atoms with E-state index in [1.807, 2.05) is 51.2 Å². The predicted octanol–water partition coefficient (Wildman–Crippen LogP) is 3.76. The summed E-state index contributed by atoms with van der Waals surface area (Å²) in [7, 11) is 0. The summed E-state index contributed by atoms with van der Waals surface area (Å²) in [5, 5.41) is 0. The van der Waals surface area contributed by atoms with Crippen molar-refractivity contribution < 1.29 is 0 Å². The van der Waals surface area contributed by atoms with Crippen molar-refractivity contribution in [2.75, 3.05) is 24.0 Å². The summed E-state index contributed by atoms with van der Waals surface area (Å²) in [6.45, 7) is 8.00. The Bertz CT molecular complexity index is 19.2. The Morgan fingerprint density at radius 1 is 0.700 bits per heavy atom. The first kappa shape index (κ1) is 17.0. The normalized spacial score (nSPS) is 6.60. The largest absolute Gasteiger partial charge is 0.165 e. The summed E-state index contributed by atoms with van der Waals surface area (Å²) in [5.41, 5.74) is 0. The van der Waals surface area contributed by atoms with Gasteiger partial charge in [-0.2, -0.15) is 23.5 Å². The topological polar surface area (TPSA) is 0 Å². The number of rotatable bonds is 3. The van der Waals surface area contributed by atoms with Crippen LogP contribution in [0.25, 0.3) is 0 Å². The Hall–Kier alpha value is 0.700. The minimum Gasteiger partial charge on any atom is -0.165 e. The van der Waals surface area contributed by atoms with Crippen LogP contribution in [-0.4, -0.2) is 24.0 Å². The fourth-order valence-electron chi connectivity index (χ4n) is 0.167. The van der Waals surface area contributed by atoms with Crippen LogP contribution >= 0.6 is 23.5 Å². The lowest BCUT2D eigenvalue weighted by molar-refractivity contribution is 1.50. The fourth-order valence-corrected chi connectivity index (χ4v) is 1.50. The molecule has 0 rings (SSSR count). The molecule has 0 bridgehead atoms. The zero-order chi connectivity index (χ0) is 8.83. The second kappa shape index (κ2) is 33.2. The molecule has 0 spiro atoms. The Labute approximate surface area is 75.6 Å². The molecule has 0 nitrogen and oxygen atoms in total. The van der Waals surface area contributed by atoms with Gasteiger partial charge in [0.05, 0.1) is 0 Å². The Balaban J connectivity index is -0.000000105. The van der Waals surface area contributed by atoms with Crippen molar-refractivity contribution in [3.63, 3.8) is 0 Å². The standard InChI is InChI=1S/C4H10S2.2C2H6/c1-5-3-4-6-2;2*1-2/h3-4H2,1-2H3;2*1-2H3. The number of thioether (sulfide) groups is 2. The van der Waals surface area contributed by atoms with Crippen molar-refractivity contribution in [1.82, 2.24) is 0 Å². The van der Waals surface area contributed by atoms with E-state index in [0.29, 0.717) is 0 Å². The van der Waals surface area contributed by atoms with E-state index in [0.717, 1.165) is 0 Å². The SMILES string of the molecule is CC.CC.CSCCSC. The smallest absolute Gasteiger partial charge is 0.00207 e. The maximum atomic E-state index is 2.14. The second-order valence-corrected chi connectivity index (χ2v) is 2.96. The molecule has 0 aromatic heterocycles. The molecule has 10 heavy (non-hydrogen) atoms. The lowest BCUT2D eigenvalue weighted by Crippen LogP contribution is -1.77. The highest BCUT2D eigenvalue weighted by Crippen LogP contribution is 1.97. The molecular weight excluding hydrogens is 160 g/mol. The summed E-state index contributed by atoms with van der Waals surface area (Å²) in [6, 6.07) is 0. The highest BCUT2D eigenvalue weighted by molar-refractivity contribution is 8.02. The molecular formula is C8H22S2. The minimum absolute atomic E-state index is 1.29. The lowest BCUT2D eigenvalue weighted by Gasteiger charge is -1.86. The summed E-state index contributed by atoms with van der Waals surface area (Å²) in [6.07, 6.45) is 4.27. The first-order valence-corrected chi connectivity index (χ1v) is 6.68. The third-order valence-electron chi connectivity index (χ3n) is 0.492. The molecule has 0 aliphatic heterocycles. The van der Waals surface area contributed by atoms with Gasteiger partial charge in [-0.05, 0) is 12.5 Å². The van der Waals surface area contributed by atoms with Crippen molar-refractivity contribution in [3.8, 4) is 0 Å². The van der Waals surface area contributed by atoms with Gasteiger partial charge in [0.15, 0.2) is 0 Å². The molecule has 0 fully saturated rings. The van der Waals surface area contributed by atoms with Crippen molar-refractivity contribution >= 4 is 23.5 Å². The van der Waals surface area contributed by atoms with E-state index in [4.69, 9.17) is 0 Å². The van der Waals surface area contributed by atoms with Crippen LogP contribution in [0.1, 0.15) is 27.7 Å². The van der Waals surface area contributed by atoms with Crippen molar-refractivity contribution in [2.24, 2.45) is 0 Å². The molecule has 0 unspecified atom stereocenters. The van der Waals surface area contributed by atoms with Crippen LogP contribution in [0.4, 0.5) is 0 Å². The monoisotopic (exact) mass is 182 g/mol. The van der Waals surface area contributed by atoms with E-state index >= 15 is 0 Å². The van der Waals surface area contributed by atoms with Gasteiger partial charge in [-0.3, -0.25) is 0 Å². The average molecular weight is 182 g/mol. The molecule has 0 saturated carbocycles. The maximum absolute atomic E-state index is 2.14. The van der Waals surface area contributed by atoms with Crippen LogP contribution in [0.3, 0.4) is 0 Å². The number of hydrogen-bond donors (Lipinski definition) is 0. The number of hydrogen-bond acceptors (Lipinski definition) is 2. The summed E-state index contributed by atoms with van der Waals surface area (Å²) < 4.78 is 0. The molecule has 0 amide bonds. The van der Waals surface area contributed by atoms with Gasteiger partial charge in [0.2, 0.25) is 0 Å². The van der Waals surface area contributed by atoms with Crippen LogP contribution < -0.4 is 0 Å². The van der Waals surface area contributed by atoms with Gasteiger partial charge in [0.1, 0.15) is 0 Å². The third kappa shape index (κ3) is 37.7. The molecule has 2 heteroatoms. The van der Waals surface area contributed by atoms with Crippen LogP contribution in [0.5, 0.6) is 0 Å². The van der Waals surface area contributed by atoms with E-state index < -0.39 is 0 Å². The van der Waals surface area contributed by atoms with E-state index in [9.17, 15) is 0 Å². The van der Waals surface area contributed by atoms with Gasteiger partial charge in [-0.15, -0.1) is 0 Å². The molecule has 0 aliphatic rings. The van der Waals surface area contributed by atoms with Crippen molar-refractivity contribution in [2.45, 2.75) is 27.7 Å². The summed E-state index contributed by atoms with van der Waals surface area (Å²) in [4.78, 5) is 0. The molecule has 66 valence electrons. The van der Waals surface area contributed by atoms with Crippen LogP contribution in [0.2, 0.25) is 0 Å². The molecule has 0 aliphatic carbocycles. The lowest BCUT2D eigenvalue weighted by atomic mass is 11.0. The molecule has 0 atom stereocenters. The van der Waals surface area contributed by atoms with Gasteiger partial charge in [0.25, 0.3) is 0 Å².